The fourth-order valence-corrected chi connectivity index (χ4v) is 3.28. The summed E-state index contributed by atoms with van der Waals surface area (Å²) in [7, 11) is 0. The van der Waals surface area contributed by atoms with Crippen molar-refractivity contribution < 1.29 is 4.79 Å². The Morgan fingerprint density at radius 3 is 2.22 bits per heavy atom. The van der Waals surface area contributed by atoms with Crippen molar-refractivity contribution in [3.05, 3.63) is 71.8 Å². The number of hydrogen-bond acceptors (Lipinski definition) is 3. The first-order chi connectivity index (χ1) is 11.0. The molecule has 0 bridgehead atoms. The summed E-state index contributed by atoms with van der Waals surface area (Å²) in [6.45, 7) is 2.92. The van der Waals surface area contributed by atoms with E-state index in [-0.39, 0.29) is 17.9 Å². The van der Waals surface area contributed by atoms with Crippen molar-refractivity contribution in [2.45, 2.75) is 24.4 Å². The normalized spacial score (nSPS) is 23.5. The van der Waals surface area contributed by atoms with E-state index in [1.54, 1.807) is 11.8 Å². The van der Waals surface area contributed by atoms with Crippen molar-refractivity contribution in [1.82, 2.24) is 4.90 Å². The van der Waals surface area contributed by atoms with Gasteiger partial charge in [-0.3, -0.25) is 4.79 Å². The number of carbonyl (C=O) groups is 1. The molecule has 1 saturated heterocycles. The highest BCUT2D eigenvalue weighted by molar-refractivity contribution is 5.87. The Hall–Kier alpha value is -2.17. The van der Waals surface area contributed by atoms with Crippen molar-refractivity contribution in [2.24, 2.45) is 11.5 Å². The van der Waals surface area contributed by atoms with E-state index < -0.39 is 5.54 Å². The third-order valence-electron chi connectivity index (χ3n) is 4.70. The standard InChI is InChI=1S/C19H23N3O/c1-19(21,15-10-6-3-7-11-15)18(23)22-12-16(17(20)13-22)14-8-4-2-5-9-14/h2-11,16-17H,12-13,20-21H2,1H3/t16-,17+,19?/m0/s1. The molecule has 0 radical (unpaired) electrons. The lowest BCUT2D eigenvalue weighted by Gasteiger charge is -2.29. The van der Waals surface area contributed by atoms with Gasteiger partial charge >= 0.3 is 0 Å². The van der Waals surface area contributed by atoms with Crippen molar-refractivity contribution in [1.29, 1.82) is 0 Å². The van der Waals surface area contributed by atoms with Crippen molar-refractivity contribution in [3.63, 3.8) is 0 Å². The van der Waals surface area contributed by atoms with Gasteiger partial charge in [0.25, 0.3) is 0 Å². The van der Waals surface area contributed by atoms with Crippen LogP contribution < -0.4 is 11.5 Å². The SMILES string of the molecule is CC(N)(C(=O)N1C[C@@H](N)[C@H](c2ccccc2)C1)c1ccccc1. The van der Waals surface area contributed by atoms with Crippen LogP contribution in [0.5, 0.6) is 0 Å². The average Bonchev–Trinajstić information content (AvgIpc) is 2.97. The lowest BCUT2D eigenvalue weighted by atomic mass is 9.91. The Kier molecular flexibility index (Phi) is 4.20. The van der Waals surface area contributed by atoms with E-state index in [9.17, 15) is 4.79 Å². The molecule has 4 heteroatoms. The molecule has 1 aliphatic heterocycles. The predicted molar refractivity (Wildman–Crippen MR) is 91.7 cm³/mol. The summed E-state index contributed by atoms with van der Waals surface area (Å²) in [5.74, 6) is 0.0873. The van der Waals surface area contributed by atoms with Gasteiger partial charge in [-0.2, -0.15) is 0 Å². The van der Waals surface area contributed by atoms with Gasteiger partial charge < -0.3 is 16.4 Å². The maximum absolute atomic E-state index is 12.9. The van der Waals surface area contributed by atoms with Gasteiger partial charge in [-0.25, -0.2) is 0 Å². The second-order valence-electron chi connectivity index (χ2n) is 6.46. The molecule has 0 aliphatic carbocycles. The Morgan fingerprint density at radius 1 is 1.04 bits per heavy atom. The summed E-state index contributed by atoms with van der Waals surface area (Å²) in [5, 5.41) is 0. The second kappa shape index (κ2) is 6.14. The van der Waals surface area contributed by atoms with E-state index in [1.165, 1.54) is 5.56 Å². The van der Waals surface area contributed by atoms with Crippen LogP contribution in [0.4, 0.5) is 0 Å². The number of amides is 1. The number of hydrogen-bond donors (Lipinski definition) is 2. The van der Waals surface area contributed by atoms with Crippen LogP contribution in [0.3, 0.4) is 0 Å². The Bertz CT molecular complexity index is 670. The zero-order chi connectivity index (χ0) is 16.4. The number of carbonyl (C=O) groups excluding carboxylic acids is 1. The van der Waals surface area contributed by atoms with Gasteiger partial charge in [-0.1, -0.05) is 60.7 Å². The zero-order valence-electron chi connectivity index (χ0n) is 13.4. The van der Waals surface area contributed by atoms with E-state index in [0.717, 1.165) is 5.56 Å². The van der Waals surface area contributed by atoms with Gasteiger partial charge in [0.15, 0.2) is 0 Å². The van der Waals surface area contributed by atoms with E-state index >= 15 is 0 Å². The zero-order valence-corrected chi connectivity index (χ0v) is 13.4. The molecule has 120 valence electrons. The predicted octanol–water partition coefficient (Wildman–Crippen LogP) is 1.81. The number of nitrogens with two attached hydrogens (primary N) is 2. The summed E-state index contributed by atoms with van der Waals surface area (Å²) in [6, 6.07) is 19.6. The van der Waals surface area contributed by atoms with Crippen molar-refractivity contribution in [3.8, 4) is 0 Å². The highest BCUT2D eigenvalue weighted by atomic mass is 16.2. The lowest BCUT2D eigenvalue weighted by Crippen LogP contribution is -2.50. The van der Waals surface area contributed by atoms with Gasteiger partial charge in [0.2, 0.25) is 5.91 Å². The Balaban J connectivity index is 1.79. The van der Waals surface area contributed by atoms with Gasteiger partial charge in [-0.05, 0) is 18.1 Å². The maximum atomic E-state index is 12.9. The van der Waals surface area contributed by atoms with Crippen LogP contribution in [-0.4, -0.2) is 29.9 Å². The Morgan fingerprint density at radius 2 is 1.61 bits per heavy atom. The molecule has 1 heterocycles. The number of nitrogens with zero attached hydrogens (tertiary/aromatic N) is 1. The van der Waals surface area contributed by atoms with E-state index in [4.69, 9.17) is 11.5 Å². The molecule has 0 aromatic heterocycles. The fourth-order valence-electron chi connectivity index (χ4n) is 3.28. The first-order valence-electron chi connectivity index (χ1n) is 7.94. The van der Waals surface area contributed by atoms with E-state index in [1.807, 2.05) is 48.5 Å². The Labute approximate surface area is 137 Å². The molecule has 3 atom stereocenters. The number of likely N-dealkylation sites (tertiary alicyclic amines) is 1. The molecule has 0 spiro atoms. The largest absolute Gasteiger partial charge is 0.339 e. The summed E-state index contributed by atoms with van der Waals surface area (Å²) >= 11 is 0. The van der Waals surface area contributed by atoms with E-state index in [0.29, 0.717) is 13.1 Å². The second-order valence-corrected chi connectivity index (χ2v) is 6.46. The average molecular weight is 309 g/mol. The molecule has 2 aromatic carbocycles. The summed E-state index contributed by atoms with van der Waals surface area (Å²) < 4.78 is 0. The van der Waals surface area contributed by atoms with Crippen LogP contribution in [0.2, 0.25) is 0 Å². The molecular formula is C19H23N3O. The first-order valence-corrected chi connectivity index (χ1v) is 7.94. The summed E-state index contributed by atoms with van der Waals surface area (Å²) in [5.41, 5.74) is 13.6. The topological polar surface area (TPSA) is 72.4 Å². The van der Waals surface area contributed by atoms with Crippen LogP contribution in [0.1, 0.15) is 24.0 Å². The number of benzene rings is 2. The fraction of sp³-hybridized carbons (Fsp3) is 0.316. The van der Waals surface area contributed by atoms with Crippen molar-refractivity contribution in [2.75, 3.05) is 13.1 Å². The van der Waals surface area contributed by atoms with Gasteiger partial charge in [0, 0.05) is 25.0 Å². The summed E-state index contributed by atoms with van der Waals surface area (Å²) in [4.78, 5) is 14.7. The molecule has 1 aliphatic rings. The van der Waals surface area contributed by atoms with E-state index in [2.05, 4.69) is 12.1 Å². The first kappa shape index (κ1) is 15.7. The quantitative estimate of drug-likeness (QED) is 0.908. The van der Waals surface area contributed by atoms with Crippen LogP contribution in [0.15, 0.2) is 60.7 Å². The smallest absolute Gasteiger partial charge is 0.247 e. The van der Waals surface area contributed by atoms with Gasteiger partial charge in [0.1, 0.15) is 5.54 Å². The van der Waals surface area contributed by atoms with Gasteiger partial charge in [-0.15, -0.1) is 0 Å². The monoisotopic (exact) mass is 309 g/mol. The maximum Gasteiger partial charge on any atom is 0.247 e. The molecule has 0 saturated carbocycles. The highest BCUT2D eigenvalue weighted by Crippen LogP contribution is 2.29. The van der Waals surface area contributed by atoms with Crippen LogP contribution in [-0.2, 0) is 10.3 Å². The number of rotatable bonds is 3. The van der Waals surface area contributed by atoms with Crippen molar-refractivity contribution >= 4 is 5.91 Å². The molecule has 2 aromatic rings. The highest BCUT2D eigenvalue weighted by Gasteiger charge is 2.40. The minimum Gasteiger partial charge on any atom is -0.339 e. The molecular weight excluding hydrogens is 286 g/mol. The van der Waals surface area contributed by atoms with Crippen LogP contribution in [0, 0.1) is 0 Å². The van der Waals surface area contributed by atoms with Crippen LogP contribution in [0.25, 0.3) is 0 Å². The van der Waals surface area contributed by atoms with Crippen LogP contribution >= 0.6 is 0 Å². The minimum atomic E-state index is -1.04. The van der Waals surface area contributed by atoms with Gasteiger partial charge in [0.05, 0.1) is 0 Å². The molecule has 1 unspecified atom stereocenters. The molecule has 3 rings (SSSR count). The molecule has 4 N–H and O–H groups in total. The lowest BCUT2D eigenvalue weighted by molar-refractivity contribution is -0.135. The molecule has 23 heavy (non-hydrogen) atoms. The molecule has 1 amide bonds. The summed E-state index contributed by atoms with van der Waals surface area (Å²) in [6.07, 6.45) is 0. The third-order valence-corrected chi connectivity index (χ3v) is 4.70. The minimum absolute atomic E-state index is 0.0621. The molecule has 4 nitrogen and oxygen atoms in total. The third kappa shape index (κ3) is 3.00. The molecule has 1 fully saturated rings.